The highest BCUT2D eigenvalue weighted by Crippen LogP contribution is 2.12. The third-order valence-corrected chi connectivity index (χ3v) is 2.68. The van der Waals surface area contributed by atoms with Crippen LogP contribution in [0.4, 0.5) is 0 Å². The maximum absolute atomic E-state index is 11.3. The van der Waals surface area contributed by atoms with Crippen molar-refractivity contribution in [3.8, 4) is 0 Å². The minimum Gasteiger partial charge on any atom is -0.348 e. The molecule has 92 valence electrons. The molecule has 6 nitrogen and oxygen atoms in total. The summed E-state index contributed by atoms with van der Waals surface area (Å²) >= 11 is 0. The van der Waals surface area contributed by atoms with E-state index in [1.54, 1.807) is 0 Å². The van der Waals surface area contributed by atoms with Crippen LogP contribution in [0.3, 0.4) is 0 Å². The van der Waals surface area contributed by atoms with E-state index >= 15 is 0 Å². The van der Waals surface area contributed by atoms with Crippen molar-refractivity contribution in [2.75, 3.05) is 39.8 Å². The molecule has 1 saturated heterocycles. The Morgan fingerprint density at radius 3 is 2.62 bits per heavy atom. The van der Waals surface area contributed by atoms with Crippen molar-refractivity contribution in [1.82, 2.24) is 15.5 Å². The number of hydrogen-bond acceptors (Lipinski definition) is 4. The first-order chi connectivity index (χ1) is 7.63. The summed E-state index contributed by atoms with van der Waals surface area (Å²) in [4.78, 5) is 24.7. The molecule has 4 N–H and O–H groups in total. The molecule has 1 heterocycles. The molecule has 0 aliphatic carbocycles. The van der Waals surface area contributed by atoms with E-state index < -0.39 is 11.8 Å². The summed E-state index contributed by atoms with van der Waals surface area (Å²) in [6.45, 7) is 3.27. The van der Waals surface area contributed by atoms with Crippen LogP contribution in [0, 0.1) is 5.92 Å². The van der Waals surface area contributed by atoms with Crippen LogP contribution in [0.15, 0.2) is 0 Å². The first kappa shape index (κ1) is 12.9. The third-order valence-electron chi connectivity index (χ3n) is 2.68. The number of rotatable bonds is 4. The zero-order chi connectivity index (χ0) is 12.0. The Bertz CT molecular complexity index is 257. The molecule has 1 unspecified atom stereocenters. The number of hydrogen-bond donors (Lipinski definition) is 3. The van der Waals surface area contributed by atoms with Gasteiger partial charge in [0.1, 0.15) is 0 Å². The molecule has 0 spiro atoms. The van der Waals surface area contributed by atoms with Crippen LogP contribution in [0.25, 0.3) is 0 Å². The van der Waals surface area contributed by atoms with E-state index in [0.717, 1.165) is 19.5 Å². The third kappa shape index (κ3) is 4.16. The first-order valence-electron chi connectivity index (χ1n) is 5.58. The Labute approximate surface area is 95.5 Å². The maximum atomic E-state index is 11.3. The number of nitrogens with one attached hydrogen (secondary N) is 2. The fourth-order valence-electron chi connectivity index (χ4n) is 1.78. The maximum Gasteiger partial charge on any atom is 0.309 e. The standard InChI is InChI=1S/C10H20N4O2/c1-14-5-2-8(7-14)6-13-10(16)9(15)12-4-3-11/h8H,2-7,11H2,1H3,(H,12,15)(H,13,16). The average Bonchev–Trinajstić information content (AvgIpc) is 2.68. The molecule has 0 bridgehead atoms. The van der Waals surface area contributed by atoms with E-state index in [4.69, 9.17) is 5.73 Å². The van der Waals surface area contributed by atoms with Crippen LogP contribution >= 0.6 is 0 Å². The monoisotopic (exact) mass is 228 g/mol. The van der Waals surface area contributed by atoms with Gasteiger partial charge in [-0.05, 0) is 25.9 Å². The molecule has 1 rings (SSSR count). The van der Waals surface area contributed by atoms with Crippen LogP contribution in [-0.2, 0) is 9.59 Å². The molecule has 0 aromatic heterocycles. The zero-order valence-electron chi connectivity index (χ0n) is 9.66. The molecule has 0 saturated carbocycles. The van der Waals surface area contributed by atoms with Gasteiger partial charge in [-0.1, -0.05) is 0 Å². The van der Waals surface area contributed by atoms with Gasteiger partial charge in [-0.25, -0.2) is 0 Å². The fraction of sp³-hybridized carbons (Fsp3) is 0.800. The minimum atomic E-state index is -0.600. The van der Waals surface area contributed by atoms with Gasteiger partial charge in [0, 0.05) is 26.2 Å². The number of amides is 2. The van der Waals surface area contributed by atoms with Crippen molar-refractivity contribution >= 4 is 11.8 Å². The summed E-state index contributed by atoms with van der Waals surface area (Å²) in [5.74, 6) is -0.712. The minimum absolute atomic E-state index is 0.332. The Hall–Kier alpha value is -1.14. The van der Waals surface area contributed by atoms with Gasteiger partial charge in [0.25, 0.3) is 0 Å². The van der Waals surface area contributed by atoms with Crippen molar-refractivity contribution in [3.05, 3.63) is 0 Å². The molecule has 1 aliphatic heterocycles. The summed E-state index contributed by atoms with van der Waals surface area (Å²) in [6, 6.07) is 0. The van der Waals surface area contributed by atoms with Crippen molar-refractivity contribution in [1.29, 1.82) is 0 Å². The Morgan fingerprint density at radius 2 is 2.06 bits per heavy atom. The Kier molecular flexibility index (Phi) is 5.21. The van der Waals surface area contributed by atoms with Gasteiger partial charge in [0.05, 0.1) is 0 Å². The lowest BCUT2D eigenvalue weighted by molar-refractivity contribution is -0.139. The van der Waals surface area contributed by atoms with E-state index in [1.807, 2.05) is 0 Å². The highest BCUT2D eigenvalue weighted by atomic mass is 16.2. The van der Waals surface area contributed by atoms with E-state index in [0.29, 0.717) is 25.6 Å². The summed E-state index contributed by atoms with van der Waals surface area (Å²) in [5, 5.41) is 5.07. The predicted octanol–water partition coefficient (Wildman–Crippen LogP) is -1.87. The number of nitrogens with two attached hydrogens (primary N) is 1. The van der Waals surface area contributed by atoms with Gasteiger partial charge in [-0.15, -0.1) is 0 Å². The van der Waals surface area contributed by atoms with E-state index in [-0.39, 0.29) is 0 Å². The molecule has 0 radical (unpaired) electrons. The SMILES string of the molecule is CN1CCC(CNC(=O)C(=O)NCCN)C1. The van der Waals surface area contributed by atoms with Gasteiger partial charge in [0.2, 0.25) is 0 Å². The van der Waals surface area contributed by atoms with Crippen molar-refractivity contribution in [2.24, 2.45) is 11.7 Å². The van der Waals surface area contributed by atoms with Gasteiger partial charge in [-0.2, -0.15) is 0 Å². The molecule has 1 aliphatic rings. The highest BCUT2D eigenvalue weighted by Gasteiger charge is 2.21. The molecule has 0 aromatic rings. The van der Waals surface area contributed by atoms with E-state index in [9.17, 15) is 9.59 Å². The topological polar surface area (TPSA) is 87.5 Å². The average molecular weight is 228 g/mol. The van der Waals surface area contributed by atoms with Gasteiger partial charge in [-0.3, -0.25) is 9.59 Å². The molecular weight excluding hydrogens is 208 g/mol. The first-order valence-corrected chi connectivity index (χ1v) is 5.58. The molecule has 6 heteroatoms. The van der Waals surface area contributed by atoms with Crippen molar-refractivity contribution in [3.63, 3.8) is 0 Å². The second kappa shape index (κ2) is 6.44. The lowest BCUT2D eigenvalue weighted by Crippen LogP contribution is -2.43. The molecule has 1 atom stereocenters. The second-order valence-corrected chi connectivity index (χ2v) is 4.17. The smallest absolute Gasteiger partial charge is 0.309 e. The van der Waals surface area contributed by atoms with Crippen LogP contribution < -0.4 is 16.4 Å². The number of carbonyl (C=O) groups is 2. The summed E-state index contributed by atoms with van der Waals surface area (Å²) < 4.78 is 0. The molecule has 16 heavy (non-hydrogen) atoms. The predicted molar refractivity (Wildman–Crippen MR) is 60.7 cm³/mol. The van der Waals surface area contributed by atoms with Crippen molar-refractivity contribution in [2.45, 2.75) is 6.42 Å². The Morgan fingerprint density at radius 1 is 1.38 bits per heavy atom. The van der Waals surface area contributed by atoms with Crippen molar-refractivity contribution < 1.29 is 9.59 Å². The number of likely N-dealkylation sites (tertiary alicyclic amines) is 1. The summed E-state index contributed by atoms with van der Waals surface area (Å²) in [5.41, 5.74) is 5.21. The molecule has 0 aromatic carbocycles. The summed E-state index contributed by atoms with van der Waals surface area (Å²) in [6.07, 6.45) is 1.07. The van der Waals surface area contributed by atoms with Crippen LogP contribution in [0.2, 0.25) is 0 Å². The lowest BCUT2D eigenvalue weighted by Gasteiger charge is -2.11. The molecular formula is C10H20N4O2. The number of nitrogens with zero attached hydrogens (tertiary/aromatic N) is 1. The van der Waals surface area contributed by atoms with Gasteiger partial charge < -0.3 is 21.3 Å². The van der Waals surface area contributed by atoms with Crippen LogP contribution in [0.1, 0.15) is 6.42 Å². The normalized spacial score (nSPS) is 20.8. The fourth-order valence-corrected chi connectivity index (χ4v) is 1.78. The zero-order valence-corrected chi connectivity index (χ0v) is 9.66. The summed E-state index contributed by atoms with van der Waals surface area (Å²) in [7, 11) is 2.05. The van der Waals surface area contributed by atoms with Gasteiger partial charge >= 0.3 is 11.8 Å². The van der Waals surface area contributed by atoms with E-state index in [1.165, 1.54) is 0 Å². The molecule has 1 fully saturated rings. The van der Waals surface area contributed by atoms with Crippen LogP contribution in [-0.4, -0.2) is 56.5 Å². The second-order valence-electron chi connectivity index (χ2n) is 4.17. The largest absolute Gasteiger partial charge is 0.348 e. The van der Waals surface area contributed by atoms with Gasteiger partial charge in [0.15, 0.2) is 0 Å². The van der Waals surface area contributed by atoms with Crippen LogP contribution in [0.5, 0.6) is 0 Å². The highest BCUT2D eigenvalue weighted by molar-refractivity contribution is 6.35. The quantitative estimate of drug-likeness (QED) is 0.492. The van der Waals surface area contributed by atoms with E-state index in [2.05, 4.69) is 22.6 Å². The molecule has 2 amide bonds. The number of carbonyl (C=O) groups excluding carboxylic acids is 2. The Balaban J connectivity index is 2.16. The lowest BCUT2D eigenvalue weighted by atomic mass is 10.1.